The van der Waals surface area contributed by atoms with Gasteiger partial charge in [-0.2, -0.15) is 0 Å². The van der Waals surface area contributed by atoms with Crippen LogP contribution in [0.1, 0.15) is 13.3 Å². The smallest absolute Gasteiger partial charge is 0.334 e. The van der Waals surface area contributed by atoms with Crippen molar-refractivity contribution in [3.05, 3.63) is 30.3 Å². The van der Waals surface area contributed by atoms with Gasteiger partial charge < -0.3 is 14.7 Å². The van der Waals surface area contributed by atoms with E-state index in [1.807, 2.05) is 37.3 Å². The van der Waals surface area contributed by atoms with Crippen molar-refractivity contribution in [3.63, 3.8) is 0 Å². The first-order valence-corrected chi connectivity index (χ1v) is 7.84. The van der Waals surface area contributed by atoms with Gasteiger partial charge in [0, 0.05) is 11.4 Å². The normalized spacial score (nSPS) is 20.0. The standard InChI is InChI=1S/C15H19NO4S/c1-2-13(21-11-6-4-3-5-7-11)14(17)16-8-9-20-12(10-16)15(18)19/h3-7,12-13H,2,8-10H2,1H3,(H,18,19). The Morgan fingerprint density at radius 3 is 2.76 bits per heavy atom. The van der Waals surface area contributed by atoms with Gasteiger partial charge in [0.2, 0.25) is 5.91 Å². The van der Waals surface area contributed by atoms with Gasteiger partial charge in [-0.25, -0.2) is 4.79 Å². The van der Waals surface area contributed by atoms with Crippen LogP contribution in [0.2, 0.25) is 0 Å². The van der Waals surface area contributed by atoms with E-state index in [9.17, 15) is 9.59 Å². The molecule has 1 heterocycles. The van der Waals surface area contributed by atoms with Gasteiger partial charge in [0.05, 0.1) is 18.4 Å². The molecule has 21 heavy (non-hydrogen) atoms. The second kappa shape index (κ2) is 7.47. The molecule has 2 atom stereocenters. The first-order chi connectivity index (χ1) is 10.1. The third kappa shape index (κ3) is 4.22. The summed E-state index contributed by atoms with van der Waals surface area (Å²) in [4.78, 5) is 26.2. The Morgan fingerprint density at radius 2 is 2.14 bits per heavy atom. The summed E-state index contributed by atoms with van der Waals surface area (Å²) in [5.74, 6) is -1.03. The molecule has 2 unspecified atom stereocenters. The molecule has 1 aliphatic heterocycles. The molecule has 1 aromatic carbocycles. The molecule has 0 saturated carbocycles. The monoisotopic (exact) mass is 309 g/mol. The van der Waals surface area contributed by atoms with E-state index >= 15 is 0 Å². The number of hydrogen-bond donors (Lipinski definition) is 1. The number of nitrogens with zero attached hydrogens (tertiary/aromatic N) is 1. The van der Waals surface area contributed by atoms with Crippen molar-refractivity contribution < 1.29 is 19.4 Å². The SMILES string of the molecule is CCC(Sc1ccccc1)C(=O)N1CCOC(C(=O)O)C1. The Kier molecular flexibility index (Phi) is 5.64. The fraction of sp³-hybridized carbons (Fsp3) is 0.467. The Bertz CT molecular complexity index is 494. The zero-order chi connectivity index (χ0) is 15.2. The van der Waals surface area contributed by atoms with E-state index < -0.39 is 12.1 Å². The number of carboxylic acid groups (broad SMARTS) is 1. The van der Waals surface area contributed by atoms with Crippen molar-refractivity contribution in [2.75, 3.05) is 19.7 Å². The van der Waals surface area contributed by atoms with Crippen LogP contribution in [0.15, 0.2) is 35.2 Å². The van der Waals surface area contributed by atoms with Crippen LogP contribution in [-0.2, 0) is 14.3 Å². The average Bonchev–Trinajstić information content (AvgIpc) is 2.53. The summed E-state index contributed by atoms with van der Waals surface area (Å²) in [6, 6.07) is 9.76. The number of carbonyl (C=O) groups excluding carboxylic acids is 1. The summed E-state index contributed by atoms with van der Waals surface area (Å²) < 4.78 is 5.15. The average molecular weight is 309 g/mol. The number of rotatable bonds is 5. The maximum absolute atomic E-state index is 12.6. The van der Waals surface area contributed by atoms with Crippen molar-refractivity contribution in [3.8, 4) is 0 Å². The van der Waals surface area contributed by atoms with Gasteiger partial charge in [-0.1, -0.05) is 25.1 Å². The van der Waals surface area contributed by atoms with E-state index in [-0.39, 0.29) is 24.3 Å². The molecule has 0 radical (unpaired) electrons. The summed E-state index contributed by atoms with van der Waals surface area (Å²) in [5.41, 5.74) is 0. The van der Waals surface area contributed by atoms with Gasteiger partial charge in [0.25, 0.3) is 0 Å². The molecule has 114 valence electrons. The zero-order valence-electron chi connectivity index (χ0n) is 11.9. The number of hydrogen-bond acceptors (Lipinski definition) is 4. The molecule has 1 aliphatic rings. The highest BCUT2D eigenvalue weighted by atomic mass is 32.2. The number of morpholine rings is 1. The first kappa shape index (κ1) is 15.9. The van der Waals surface area contributed by atoms with Gasteiger partial charge in [0.1, 0.15) is 0 Å². The van der Waals surface area contributed by atoms with Gasteiger partial charge in [-0.05, 0) is 18.6 Å². The lowest BCUT2D eigenvalue weighted by Crippen LogP contribution is -2.50. The van der Waals surface area contributed by atoms with Crippen LogP contribution in [0.3, 0.4) is 0 Å². The maximum atomic E-state index is 12.6. The first-order valence-electron chi connectivity index (χ1n) is 6.96. The van der Waals surface area contributed by atoms with Gasteiger partial charge in [-0.15, -0.1) is 11.8 Å². The lowest BCUT2D eigenvalue weighted by Gasteiger charge is -2.33. The molecule has 1 amide bonds. The van der Waals surface area contributed by atoms with Crippen LogP contribution >= 0.6 is 11.8 Å². The predicted octanol–water partition coefficient (Wildman–Crippen LogP) is 1.87. The number of carbonyl (C=O) groups is 2. The van der Waals surface area contributed by atoms with E-state index in [0.717, 1.165) is 4.90 Å². The largest absolute Gasteiger partial charge is 0.479 e. The van der Waals surface area contributed by atoms with Gasteiger partial charge >= 0.3 is 5.97 Å². The lowest BCUT2D eigenvalue weighted by atomic mass is 10.2. The minimum atomic E-state index is -1.02. The lowest BCUT2D eigenvalue weighted by molar-refractivity contribution is -0.159. The molecule has 1 saturated heterocycles. The highest BCUT2D eigenvalue weighted by Gasteiger charge is 2.32. The number of aliphatic carboxylic acids is 1. The van der Waals surface area contributed by atoms with Crippen LogP contribution in [0.25, 0.3) is 0 Å². The maximum Gasteiger partial charge on any atom is 0.334 e. The fourth-order valence-corrected chi connectivity index (χ4v) is 3.23. The predicted molar refractivity (Wildman–Crippen MR) is 80.3 cm³/mol. The summed E-state index contributed by atoms with van der Waals surface area (Å²) in [6.45, 7) is 2.82. The van der Waals surface area contributed by atoms with E-state index in [2.05, 4.69) is 0 Å². The number of ether oxygens (including phenoxy) is 1. The highest BCUT2D eigenvalue weighted by molar-refractivity contribution is 8.00. The molecular weight excluding hydrogens is 290 g/mol. The Hall–Kier alpha value is -1.53. The third-order valence-corrected chi connectivity index (χ3v) is 4.69. The van der Waals surface area contributed by atoms with Gasteiger partial charge in [-0.3, -0.25) is 4.79 Å². The van der Waals surface area contributed by atoms with Crippen LogP contribution in [0.5, 0.6) is 0 Å². The molecule has 0 spiro atoms. The van der Waals surface area contributed by atoms with Crippen molar-refractivity contribution >= 4 is 23.6 Å². The zero-order valence-corrected chi connectivity index (χ0v) is 12.7. The molecule has 5 nitrogen and oxygen atoms in total. The Morgan fingerprint density at radius 1 is 1.43 bits per heavy atom. The van der Waals surface area contributed by atoms with Crippen LogP contribution in [0, 0.1) is 0 Å². The molecule has 0 aromatic heterocycles. The molecule has 2 rings (SSSR count). The molecule has 0 bridgehead atoms. The van der Waals surface area contributed by atoms with E-state index in [1.54, 1.807) is 4.90 Å². The Balaban J connectivity index is 2.00. The second-order valence-electron chi connectivity index (χ2n) is 4.81. The van der Waals surface area contributed by atoms with Gasteiger partial charge in [0.15, 0.2) is 6.10 Å². The molecular formula is C15H19NO4S. The van der Waals surface area contributed by atoms with Crippen molar-refractivity contribution in [1.82, 2.24) is 4.90 Å². The number of carboxylic acids is 1. The van der Waals surface area contributed by atoms with Crippen LogP contribution in [0.4, 0.5) is 0 Å². The highest BCUT2D eigenvalue weighted by Crippen LogP contribution is 2.27. The quantitative estimate of drug-likeness (QED) is 0.841. The summed E-state index contributed by atoms with van der Waals surface area (Å²) in [5, 5.41) is 8.81. The molecule has 1 aromatic rings. The third-order valence-electron chi connectivity index (χ3n) is 3.32. The van der Waals surface area contributed by atoms with Crippen LogP contribution in [-0.4, -0.2) is 52.9 Å². The van der Waals surface area contributed by atoms with E-state index in [1.165, 1.54) is 11.8 Å². The minimum Gasteiger partial charge on any atom is -0.479 e. The molecule has 1 N–H and O–H groups in total. The number of benzene rings is 1. The van der Waals surface area contributed by atoms with E-state index in [0.29, 0.717) is 13.0 Å². The number of thioether (sulfide) groups is 1. The van der Waals surface area contributed by atoms with Crippen molar-refractivity contribution in [1.29, 1.82) is 0 Å². The number of amides is 1. The van der Waals surface area contributed by atoms with Crippen LogP contribution < -0.4 is 0 Å². The summed E-state index contributed by atoms with van der Waals surface area (Å²) >= 11 is 1.52. The summed E-state index contributed by atoms with van der Waals surface area (Å²) in [7, 11) is 0. The topological polar surface area (TPSA) is 66.8 Å². The minimum absolute atomic E-state index is 0.0131. The van der Waals surface area contributed by atoms with Crippen molar-refractivity contribution in [2.24, 2.45) is 0 Å². The van der Waals surface area contributed by atoms with Crippen molar-refractivity contribution in [2.45, 2.75) is 29.6 Å². The molecule has 0 aliphatic carbocycles. The fourth-order valence-electron chi connectivity index (χ4n) is 2.17. The van der Waals surface area contributed by atoms with E-state index in [4.69, 9.17) is 9.84 Å². The second-order valence-corrected chi connectivity index (χ2v) is 6.09. The Labute approximate surface area is 128 Å². The molecule has 6 heteroatoms. The molecule has 1 fully saturated rings. The summed E-state index contributed by atoms with van der Waals surface area (Å²) in [6.07, 6.45) is -0.213.